The molecule has 0 saturated carbocycles. The first kappa shape index (κ1) is 19.2. The molecule has 2 amide bonds. The van der Waals surface area contributed by atoms with E-state index in [-0.39, 0.29) is 17.7 Å². The molecule has 1 heterocycles. The van der Waals surface area contributed by atoms with E-state index in [4.69, 9.17) is 0 Å². The van der Waals surface area contributed by atoms with Crippen molar-refractivity contribution in [3.63, 3.8) is 0 Å². The molecule has 0 bridgehead atoms. The molecule has 0 spiro atoms. The molecule has 0 radical (unpaired) electrons. The second-order valence-electron chi connectivity index (χ2n) is 7.30. The van der Waals surface area contributed by atoms with Crippen LogP contribution in [-0.2, 0) is 29.0 Å². The number of nitrogens with zero attached hydrogens (tertiary/aromatic N) is 1. The first-order valence-electron chi connectivity index (χ1n) is 9.80. The number of carbonyl (C=O) groups is 2. The van der Waals surface area contributed by atoms with E-state index < -0.39 is 0 Å². The molecule has 1 unspecified atom stereocenters. The Kier molecular flexibility index (Phi) is 6.64. The van der Waals surface area contributed by atoms with E-state index in [0.29, 0.717) is 32.5 Å². The minimum atomic E-state index is 0.0588. The molecule has 1 N–H and O–H groups in total. The minimum absolute atomic E-state index is 0.0588. The fraction of sp³-hybridized carbons (Fsp3) is 0.391. The van der Waals surface area contributed by atoms with Crippen molar-refractivity contribution in [3.05, 3.63) is 71.3 Å². The van der Waals surface area contributed by atoms with Gasteiger partial charge in [-0.05, 0) is 29.5 Å². The van der Waals surface area contributed by atoms with E-state index >= 15 is 0 Å². The highest BCUT2D eigenvalue weighted by molar-refractivity contribution is 5.79. The van der Waals surface area contributed by atoms with E-state index in [1.165, 1.54) is 11.1 Å². The molecule has 1 atom stereocenters. The number of aryl methyl sites for hydroxylation is 2. The van der Waals surface area contributed by atoms with E-state index in [1.54, 1.807) is 0 Å². The van der Waals surface area contributed by atoms with Crippen LogP contribution in [0.4, 0.5) is 0 Å². The van der Waals surface area contributed by atoms with Gasteiger partial charge in [0, 0.05) is 38.4 Å². The summed E-state index contributed by atoms with van der Waals surface area (Å²) in [7, 11) is 0. The summed E-state index contributed by atoms with van der Waals surface area (Å²) in [6.45, 7) is 4.08. The monoisotopic (exact) mass is 364 g/mol. The lowest BCUT2D eigenvalue weighted by Crippen LogP contribution is -2.31. The first-order valence-corrected chi connectivity index (χ1v) is 9.80. The Balaban J connectivity index is 1.39. The highest BCUT2D eigenvalue weighted by Gasteiger charge is 2.29. The number of rotatable bonds is 8. The maximum absolute atomic E-state index is 12.2. The van der Waals surface area contributed by atoms with E-state index in [9.17, 15) is 9.59 Å². The molecule has 142 valence electrons. The van der Waals surface area contributed by atoms with E-state index in [2.05, 4.69) is 36.5 Å². The Bertz CT molecular complexity index is 756. The summed E-state index contributed by atoms with van der Waals surface area (Å²) in [4.78, 5) is 26.2. The van der Waals surface area contributed by atoms with Crippen LogP contribution in [0, 0.1) is 5.92 Å². The number of hydrogen-bond acceptors (Lipinski definition) is 2. The lowest BCUT2D eigenvalue weighted by Gasteiger charge is -2.17. The molecule has 1 aliphatic rings. The second-order valence-corrected chi connectivity index (χ2v) is 7.30. The van der Waals surface area contributed by atoms with Gasteiger partial charge in [-0.3, -0.25) is 9.59 Å². The summed E-state index contributed by atoms with van der Waals surface area (Å²) in [5.74, 6) is 0.437. The zero-order valence-electron chi connectivity index (χ0n) is 16.0. The molecule has 4 nitrogen and oxygen atoms in total. The molecule has 3 rings (SSSR count). The zero-order chi connectivity index (χ0) is 19.1. The van der Waals surface area contributed by atoms with Gasteiger partial charge in [0.2, 0.25) is 11.8 Å². The van der Waals surface area contributed by atoms with Crippen LogP contribution in [0.5, 0.6) is 0 Å². The van der Waals surface area contributed by atoms with Gasteiger partial charge in [0.25, 0.3) is 0 Å². The molecule has 2 aromatic carbocycles. The molecule has 1 aliphatic heterocycles. The fourth-order valence-corrected chi connectivity index (χ4v) is 3.49. The summed E-state index contributed by atoms with van der Waals surface area (Å²) in [5.41, 5.74) is 3.64. The highest BCUT2D eigenvalue weighted by Crippen LogP contribution is 2.19. The number of benzene rings is 2. The molecular formula is C23H28N2O2. The van der Waals surface area contributed by atoms with Crippen molar-refractivity contribution in [3.8, 4) is 0 Å². The third-order valence-corrected chi connectivity index (χ3v) is 5.17. The standard InChI is InChI=1S/C23H28N2O2/c1-2-18-8-10-19(11-9-18)12-13-22(26)24-15-21-14-23(27)25(17-21)16-20-6-4-3-5-7-20/h3-11,21H,2,12-17H2,1H3,(H,24,26). The summed E-state index contributed by atoms with van der Waals surface area (Å²) in [5, 5.41) is 3.00. The third kappa shape index (κ3) is 5.68. The van der Waals surface area contributed by atoms with Crippen molar-refractivity contribution < 1.29 is 9.59 Å². The predicted molar refractivity (Wildman–Crippen MR) is 107 cm³/mol. The molecule has 1 fully saturated rings. The van der Waals surface area contributed by atoms with Crippen LogP contribution in [-0.4, -0.2) is 29.8 Å². The number of nitrogens with one attached hydrogen (secondary N) is 1. The van der Waals surface area contributed by atoms with Gasteiger partial charge in [-0.2, -0.15) is 0 Å². The average Bonchev–Trinajstić information content (AvgIpc) is 3.05. The van der Waals surface area contributed by atoms with Gasteiger partial charge in [-0.1, -0.05) is 61.5 Å². The van der Waals surface area contributed by atoms with Crippen LogP contribution in [0.2, 0.25) is 0 Å². The quantitative estimate of drug-likeness (QED) is 0.781. The lowest BCUT2D eigenvalue weighted by atomic mass is 10.1. The second kappa shape index (κ2) is 9.36. The Morgan fingerprint density at radius 3 is 2.44 bits per heavy atom. The van der Waals surface area contributed by atoms with Crippen LogP contribution in [0.15, 0.2) is 54.6 Å². The topological polar surface area (TPSA) is 49.4 Å². The number of likely N-dealkylation sites (tertiary alicyclic amines) is 1. The van der Waals surface area contributed by atoms with Crippen LogP contribution < -0.4 is 5.32 Å². The van der Waals surface area contributed by atoms with E-state index in [0.717, 1.165) is 18.4 Å². The van der Waals surface area contributed by atoms with Gasteiger partial charge in [0.05, 0.1) is 0 Å². The van der Waals surface area contributed by atoms with Crippen LogP contribution in [0.25, 0.3) is 0 Å². The maximum atomic E-state index is 12.2. The first-order chi connectivity index (χ1) is 13.1. The number of carbonyl (C=O) groups excluding carboxylic acids is 2. The van der Waals surface area contributed by atoms with Gasteiger partial charge in [-0.25, -0.2) is 0 Å². The molecule has 0 aromatic heterocycles. The summed E-state index contributed by atoms with van der Waals surface area (Å²) >= 11 is 0. The van der Waals surface area contributed by atoms with Crippen LogP contribution in [0.1, 0.15) is 36.5 Å². The van der Waals surface area contributed by atoms with Crippen LogP contribution in [0.3, 0.4) is 0 Å². The van der Waals surface area contributed by atoms with Crippen molar-refractivity contribution in [1.29, 1.82) is 0 Å². The molecule has 2 aromatic rings. The SMILES string of the molecule is CCc1ccc(CCC(=O)NCC2CC(=O)N(Cc3ccccc3)C2)cc1. The molecule has 4 heteroatoms. The average molecular weight is 364 g/mol. The number of hydrogen-bond donors (Lipinski definition) is 1. The van der Waals surface area contributed by atoms with Gasteiger partial charge >= 0.3 is 0 Å². The van der Waals surface area contributed by atoms with Crippen molar-refractivity contribution in [2.75, 3.05) is 13.1 Å². The summed E-state index contributed by atoms with van der Waals surface area (Å²) in [6.07, 6.45) is 2.78. The smallest absolute Gasteiger partial charge is 0.223 e. The van der Waals surface area contributed by atoms with Gasteiger partial charge in [0.15, 0.2) is 0 Å². The van der Waals surface area contributed by atoms with Gasteiger partial charge in [-0.15, -0.1) is 0 Å². The van der Waals surface area contributed by atoms with E-state index in [1.807, 2.05) is 35.2 Å². The molecule has 0 aliphatic carbocycles. The highest BCUT2D eigenvalue weighted by atomic mass is 16.2. The van der Waals surface area contributed by atoms with Crippen molar-refractivity contribution in [2.45, 2.75) is 39.2 Å². The lowest BCUT2D eigenvalue weighted by molar-refractivity contribution is -0.128. The maximum Gasteiger partial charge on any atom is 0.223 e. The summed E-state index contributed by atoms with van der Waals surface area (Å²) in [6, 6.07) is 18.5. The van der Waals surface area contributed by atoms with Gasteiger partial charge < -0.3 is 10.2 Å². The predicted octanol–water partition coefficient (Wildman–Crippen LogP) is 3.35. The Hall–Kier alpha value is -2.62. The number of amides is 2. The van der Waals surface area contributed by atoms with Crippen molar-refractivity contribution >= 4 is 11.8 Å². The zero-order valence-corrected chi connectivity index (χ0v) is 16.0. The normalized spacial score (nSPS) is 16.6. The van der Waals surface area contributed by atoms with Gasteiger partial charge in [0.1, 0.15) is 0 Å². The fourth-order valence-electron chi connectivity index (χ4n) is 3.49. The Morgan fingerprint density at radius 2 is 1.74 bits per heavy atom. The van der Waals surface area contributed by atoms with Crippen molar-refractivity contribution in [2.24, 2.45) is 5.92 Å². The summed E-state index contributed by atoms with van der Waals surface area (Å²) < 4.78 is 0. The Morgan fingerprint density at radius 1 is 1.04 bits per heavy atom. The largest absolute Gasteiger partial charge is 0.356 e. The molecule has 27 heavy (non-hydrogen) atoms. The van der Waals surface area contributed by atoms with Crippen LogP contribution >= 0.6 is 0 Å². The van der Waals surface area contributed by atoms with Crippen molar-refractivity contribution in [1.82, 2.24) is 10.2 Å². The third-order valence-electron chi connectivity index (χ3n) is 5.17. The molecule has 1 saturated heterocycles. The Labute approximate surface area is 161 Å². The molecular weight excluding hydrogens is 336 g/mol. The minimum Gasteiger partial charge on any atom is -0.356 e.